The third-order valence-electron chi connectivity index (χ3n) is 4.63. The lowest BCUT2D eigenvalue weighted by Crippen LogP contribution is -2.36. The van der Waals surface area contributed by atoms with Gasteiger partial charge in [-0.25, -0.2) is 14.0 Å². The van der Waals surface area contributed by atoms with Gasteiger partial charge >= 0.3 is 18.1 Å². The highest BCUT2D eigenvalue weighted by molar-refractivity contribution is 5.90. The number of ether oxygens (including phenoxy) is 5. The van der Waals surface area contributed by atoms with E-state index >= 15 is 0 Å². The molecule has 1 aromatic carbocycles. The minimum Gasteiger partial charge on any atom is -0.454 e. The van der Waals surface area contributed by atoms with Gasteiger partial charge in [0.2, 0.25) is 6.10 Å². The van der Waals surface area contributed by atoms with Gasteiger partial charge in [-0.05, 0) is 25.1 Å². The molecule has 3 aliphatic heterocycles. The van der Waals surface area contributed by atoms with E-state index in [9.17, 15) is 27.2 Å². The Balaban J connectivity index is 1.50. The molecule has 0 aromatic heterocycles. The molecular formula is C18H14F4O7. The van der Waals surface area contributed by atoms with Crippen molar-refractivity contribution < 1.29 is 50.8 Å². The number of halogens is 4. The van der Waals surface area contributed by atoms with E-state index in [4.69, 9.17) is 23.7 Å². The molecule has 4 rings (SSSR count). The molecule has 3 fully saturated rings. The van der Waals surface area contributed by atoms with Gasteiger partial charge in [0.15, 0.2) is 24.8 Å². The first kappa shape index (κ1) is 19.8. The normalized spacial score (nSPS) is 33.2. The smallest absolute Gasteiger partial charge is 0.416 e. The second kappa shape index (κ2) is 6.78. The van der Waals surface area contributed by atoms with Gasteiger partial charge in [-0.3, -0.25) is 0 Å². The minimum absolute atomic E-state index is 0.0681. The molecule has 0 spiro atoms. The first-order valence-electron chi connectivity index (χ1n) is 8.45. The Kier molecular flexibility index (Phi) is 4.63. The van der Waals surface area contributed by atoms with Gasteiger partial charge < -0.3 is 23.7 Å². The van der Waals surface area contributed by atoms with Crippen molar-refractivity contribution in [3.8, 4) is 0 Å². The van der Waals surface area contributed by atoms with Gasteiger partial charge in [0.25, 0.3) is 0 Å². The van der Waals surface area contributed by atoms with Crippen molar-refractivity contribution in [1.29, 1.82) is 0 Å². The number of carbonyl (C=O) groups excluding carboxylic acids is 2. The Bertz CT molecular complexity index is 883. The number of hydrogen-bond donors (Lipinski definition) is 0. The van der Waals surface area contributed by atoms with Crippen LogP contribution in [0.3, 0.4) is 0 Å². The summed E-state index contributed by atoms with van der Waals surface area (Å²) in [5, 5.41) is 0. The number of benzene rings is 1. The predicted octanol–water partition coefficient (Wildman–Crippen LogP) is 2.40. The number of rotatable bonds is 3. The zero-order valence-electron chi connectivity index (χ0n) is 14.8. The summed E-state index contributed by atoms with van der Waals surface area (Å²) >= 11 is 0. The summed E-state index contributed by atoms with van der Waals surface area (Å²) < 4.78 is 79.1. The fourth-order valence-corrected chi connectivity index (χ4v) is 3.31. The van der Waals surface area contributed by atoms with Crippen LogP contribution in [-0.2, 0) is 39.4 Å². The highest BCUT2D eigenvalue weighted by Gasteiger charge is 2.63. The highest BCUT2D eigenvalue weighted by Crippen LogP contribution is 2.44. The Labute approximate surface area is 161 Å². The van der Waals surface area contributed by atoms with E-state index in [1.807, 2.05) is 0 Å². The second-order valence-electron chi connectivity index (χ2n) is 6.82. The fourth-order valence-electron chi connectivity index (χ4n) is 3.31. The minimum atomic E-state index is -4.76. The molecular weight excluding hydrogens is 404 g/mol. The summed E-state index contributed by atoms with van der Waals surface area (Å²) in [4.78, 5) is 23.7. The molecule has 0 N–H and O–H groups in total. The molecule has 0 amide bonds. The average molecular weight is 418 g/mol. The summed E-state index contributed by atoms with van der Waals surface area (Å²) in [7, 11) is 0. The predicted molar refractivity (Wildman–Crippen MR) is 83.3 cm³/mol. The quantitative estimate of drug-likeness (QED) is 0.424. The summed E-state index contributed by atoms with van der Waals surface area (Å²) in [6.45, 7) is 4.81. The lowest BCUT2D eigenvalue weighted by atomic mass is 10.1. The molecule has 0 radical (unpaired) electrons. The van der Waals surface area contributed by atoms with Gasteiger partial charge in [0, 0.05) is 11.1 Å². The van der Waals surface area contributed by atoms with Crippen LogP contribution in [0.4, 0.5) is 17.6 Å². The van der Waals surface area contributed by atoms with Crippen LogP contribution in [-0.4, -0.2) is 42.6 Å². The van der Waals surface area contributed by atoms with E-state index in [-0.39, 0.29) is 11.1 Å². The molecule has 0 aliphatic carbocycles. The molecule has 3 aliphatic rings. The molecule has 11 heteroatoms. The molecule has 3 heterocycles. The van der Waals surface area contributed by atoms with Gasteiger partial charge in [-0.2, -0.15) is 13.2 Å². The lowest BCUT2D eigenvalue weighted by molar-refractivity contribution is -0.182. The summed E-state index contributed by atoms with van der Waals surface area (Å²) in [6.07, 6.45) is -11.6. The average Bonchev–Trinajstić information content (AvgIpc) is 3.25. The standard InChI is InChI=1S/C18H14F4O7/c1-6(2)14(23)26-12-10-11(25-15(12)24)13-17(27-10)29-16(28-13)7-3-8(18(20,21)22)5-9(19)4-7/h3-5,10-13,16-17H,1H2,2H3/t10-,11-,12-,13+,16?,17+/m0/s1. The third kappa shape index (κ3) is 3.49. The first-order chi connectivity index (χ1) is 13.5. The van der Waals surface area contributed by atoms with Crippen molar-refractivity contribution >= 4 is 11.9 Å². The van der Waals surface area contributed by atoms with Crippen LogP contribution in [0.1, 0.15) is 24.3 Å². The molecule has 1 unspecified atom stereocenters. The van der Waals surface area contributed by atoms with Crippen molar-refractivity contribution in [3.63, 3.8) is 0 Å². The second-order valence-corrected chi connectivity index (χ2v) is 6.82. The van der Waals surface area contributed by atoms with Crippen molar-refractivity contribution in [3.05, 3.63) is 47.3 Å². The Hall–Kier alpha value is -2.50. The van der Waals surface area contributed by atoms with E-state index in [0.29, 0.717) is 12.1 Å². The monoisotopic (exact) mass is 418 g/mol. The Morgan fingerprint density at radius 2 is 1.83 bits per heavy atom. The zero-order chi connectivity index (χ0) is 21.1. The number of fused-ring (bicyclic) bond motifs is 3. The first-order valence-corrected chi connectivity index (χ1v) is 8.45. The van der Waals surface area contributed by atoms with E-state index < -0.39 is 66.5 Å². The zero-order valence-corrected chi connectivity index (χ0v) is 14.8. The van der Waals surface area contributed by atoms with Crippen molar-refractivity contribution in [1.82, 2.24) is 0 Å². The van der Waals surface area contributed by atoms with E-state index in [1.54, 1.807) is 0 Å². The van der Waals surface area contributed by atoms with Crippen LogP contribution in [0.15, 0.2) is 30.4 Å². The van der Waals surface area contributed by atoms with Gasteiger partial charge in [0.05, 0.1) is 5.56 Å². The fraction of sp³-hybridized carbons (Fsp3) is 0.444. The maximum Gasteiger partial charge on any atom is 0.416 e. The van der Waals surface area contributed by atoms with Crippen molar-refractivity contribution in [2.24, 2.45) is 0 Å². The van der Waals surface area contributed by atoms with Crippen LogP contribution >= 0.6 is 0 Å². The van der Waals surface area contributed by atoms with Crippen LogP contribution in [0.2, 0.25) is 0 Å². The van der Waals surface area contributed by atoms with Gasteiger partial charge in [-0.1, -0.05) is 6.58 Å². The molecule has 156 valence electrons. The number of carbonyl (C=O) groups is 2. The van der Waals surface area contributed by atoms with Crippen LogP contribution in [0, 0.1) is 5.82 Å². The summed E-state index contributed by atoms with van der Waals surface area (Å²) in [5.74, 6) is -2.78. The number of esters is 2. The third-order valence-corrected chi connectivity index (χ3v) is 4.63. The van der Waals surface area contributed by atoms with Gasteiger partial charge in [-0.15, -0.1) is 0 Å². The largest absolute Gasteiger partial charge is 0.454 e. The Morgan fingerprint density at radius 1 is 1.10 bits per heavy atom. The maximum absolute atomic E-state index is 13.6. The van der Waals surface area contributed by atoms with E-state index in [0.717, 1.165) is 6.07 Å². The molecule has 6 atom stereocenters. The molecule has 3 saturated heterocycles. The molecule has 7 nitrogen and oxygen atoms in total. The van der Waals surface area contributed by atoms with Crippen molar-refractivity contribution in [2.45, 2.75) is 50.1 Å². The van der Waals surface area contributed by atoms with E-state index in [2.05, 4.69) is 6.58 Å². The highest BCUT2D eigenvalue weighted by atomic mass is 19.4. The number of hydrogen-bond acceptors (Lipinski definition) is 7. The molecule has 0 bridgehead atoms. The maximum atomic E-state index is 13.6. The van der Waals surface area contributed by atoms with Crippen LogP contribution in [0.5, 0.6) is 0 Å². The van der Waals surface area contributed by atoms with Crippen LogP contribution in [0.25, 0.3) is 0 Å². The van der Waals surface area contributed by atoms with E-state index in [1.165, 1.54) is 6.92 Å². The molecule has 29 heavy (non-hydrogen) atoms. The molecule has 0 saturated carbocycles. The lowest BCUT2D eigenvalue weighted by Gasteiger charge is -2.19. The van der Waals surface area contributed by atoms with Gasteiger partial charge in [0.1, 0.15) is 11.9 Å². The van der Waals surface area contributed by atoms with Crippen molar-refractivity contribution in [2.75, 3.05) is 0 Å². The number of alkyl halides is 3. The summed E-state index contributed by atoms with van der Waals surface area (Å²) in [5.41, 5.74) is -1.34. The SMILES string of the molecule is C=C(C)C(=O)O[C@@H]1C(=O)O[C@@H]2[C@H]3OC(c4cc(F)cc(C(F)(F)F)c4)O[C@H]3O[C@@H]21. The Morgan fingerprint density at radius 3 is 2.48 bits per heavy atom. The topological polar surface area (TPSA) is 80.3 Å². The summed E-state index contributed by atoms with van der Waals surface area (Å²) in [6, 6.07) is 1.89. The van der Waals surface area contributed by atoms with Crippen LogP contribution < -0.4 is 0 Å². The molecule has 1 aromatic rings.